The molecule has 2 aliphatic rings. The standard InChI is InChI=1S/C21H20N2O4/c1-13-10-14-6-2-5-9-18(14)23(13)19(24)12-27-20(25)11-16-15-7-3-4-8-17(15)22-21(16)26/h2-9,13,16H,10-12H2,1H3,(H,22,26). The molecule has 2 aromatic rings. The molecule has 0 radical (unpaired) electrons. The van der Waals surface area contributed by atoms with Crippen LogP contribution in [0.5, 0.6) is 0 Å². The SMILES string of the molecule is CC1Cc2ccccc2N1C(=O)COC(=O)CC1C(=O)Nc2ccccc21. The first-order chi connectivity index (χ1) is 13.0. The Labute approximate surface area is 157 Å². The van der Waals surface area contributed by atoms with Gasteiger partial charge in [-0.3, -0.25) is 14.4 Å². The van der Waals surface area contributed by atoms with Crippen LogP contribution < -0.4 is 10.2 Å². The highest BCUT2D eigenvalue weighted by Crippen LogP contribution is 2.35. The maximum atomic E-state index is 12.6. The molecular weight excluding hydrogens is 344 g/mol. The molecule has 0 bridgehead atoms. The molecule has 2 unspecified atom stereocenters. The number of amides is 2. The summed E-state index contributed by atoms with van der Waals surface area (Å²) in [6.07, 6.45) is 0.706. The second-order valence-electron chi connectivity index (χ2n) is 6.94. The van der Waals surface area contributed by atoms with E-state index in [-0.39, 0.29) is 30.9 Å². The minimum absolute atomic E-state index is 0.0288. The summed E-state index contributed by atoms with van der Waals surface area (Å²) in [5.74, 6) is -1.60. The van der Waals surface area contributed by atoms with Crippen molar-refractivity contribution in [3.63, 3.8) is 0 Å². The van der Waals surface area contributed by atoms with Crippen LogP contribution in [0.15, 0.2) is 48.5 Å². The lowest BCUT2D eigenvalue weighted by Crippen LogP contribution is -2.38. The van der Waals surface area contributed by atoms with E-state index in [9.17, 15) is 14.4 Å². The molecule has 2 aliphatic heterocycles. The summed E-state index contributed by atoms with van der Waals surface area (Å²) in [6, 6.07) is 15.0. The molecule has 0 aromatic heterocycles. The number of nitrogens with one attached hydrogen (secondary N) is 1. The van der Waals surface area contributed by atoms with Crippen LogP contribution in [-0.4, -0.2) is 30.4 Å². The number of benzene rings is 2. The quantitative estimate of drug-likeness (QED) is 0.847. The summed E-state index contributed by atoms with van der Waals surface area (Å²) in [4.78, 5) is 38.6. The maximum absolute atomic E-state index is 12.6. The van der Waals surface area contributed by atoms with E-state index in [1.807, 2.05) is 49.4 Å². The number of hydrogen-bond acceptors (Lipinski definition) is 4. The van der Waals surface area contributed by atoms with Gasteiger partial charge in [0.05, 0.1) is 12.3 Å². The smallest absolute Gasteiger partial charge is 0.307 e. The van der Waals surface area contributed by atoms with Gasteiger partial charge < -0.3 is 15.0 Å². The van der Waals surface area contributed by atoms with Gasteiger partial charge >= 0.3 is 5.97 Å². The summed E-state index contributed by atoms with van der Waals surface area (Å²) in [6.45, 7) is 1.65. The van der Waals surface area contributed by atoms with E-state index in [0.717, 1.165) is 28.9 Å². The number of esters is 1. The number of hydrogen-bond donors (Lipinski definition) is 1. The predicted molar refractivity (Wildman–Crippen MR) is 100 cm³/mol. The number of ether oxygens (including phenoxy) is 1. The summed E-state index contributed by atoms with van der Waals surface area (Å²) in [5.41, 5.74) is 3.49. The molecule has 6 nitrogen and oxygen atoms in total. The molecule has 2 atom stereocenters. The third-order valence-electron chi connectivity index (χ3n) is 5.11. The van der Waals surface area contributed by atoms with Gasteiger partial charge in [0.2, 0.25) is 5.91 Å². The lowest BCUT2D eigenvalue weighted by Gasteiger charge is -2.22. The van der Waals surface area contributed by atoms with Crippen molar-refractivity contribution in [2.45, 2.75) is 31.7 Å². The number of carbonyl (C=O) groups excluding carboxylic acids is 3. The number of fused-ring (bicyclic) bond motifs is 2. The molecule has 27 heavy (non-hydrogen) atoms. The van der Waals surface area contributed by atoms with E-state index < -0.39 is 11.9 Å². The molecule has 2 amide bonds. The Hall–Kier alpha value is -3.15. The number of anilines is 2. The van der Waals surface area contributed by atoms with Crippen molar-refractivity contribution in [3.05, 3.63) is 59.7 Å². The van der Waals surface area contributed by atoms with Crippen LogP contribution in [0.1, 0.15) is 30.4 Å². The van der Waals surface area contributed by atoms with Crippen LogP contribution in [0.25, 0.3) is 0 Å². The van der Waals surface area contributed by atoms with Crippen molar-refractivity contribution in [3.8, 4) is 0 Å². The fourth-order valence-corrected chi connectivity index (χ4v) is 3.86. The molecule has 4 rings (SSSR count). The number of carbonyl (C=O) groups is 3. The zero-order valence-electron chi connectivity index (χ0n) is 15.0. The minimum Gasteiger partial charge on any atom is -0.456 e. The van der Waals surface area contributed by atoms with E-state index >= 15 is 0 Å². The zero-order chi connectivity index (χ0) is 19.0. The molecule has 0 saturated carbocycles. The highest BCUT2D eigenvalue weighted by atomic mass is 16.5. The topological polar surface area (TPSA) is 75.7 Å². The Morgan fingerprint density at radius 1 is 1.15 bits per heavy atom. The molecule has 0 saturated heterocycles. The van der Waals surface area contributed by atoms with Crippen LogP contribution in [-0.2, 0) is 25.5 Å². The molecule has 1 N–H and O–H groups in total. The van der Waals surface area contributed by atoms with Crippen molar-refractivity contribution in [2.24, 2.45) is 0 Å². The van der Waals surface area contributed by atoms with Crippen LogP contribution in [0.2, 0.25) is 0 Å². The van der Waals surface area contributed by atoms with E-state index in [1.54, 1.807) is 11.0 Å². The third-order valence-corrected chi connectivity index (χ3v) is 5.11. The molecular formula is C21H20N2O4. The van der Waals surface area contributed by atoms with Crippen molar-refractivity contribution in [1.29, 1.82) is 0 Å². The third kappa shape index (κ3) is 3.18. The fourth-order valence-electron chi connectivity index (χ4n) is 3.86. The lowest BCUT2D eigenvalue weighted by molar-refractivity contribution is -0.148. The van der Waals surface area contributed by atoms with Gasteiger partial charge in [0.1, 0.15) is 0 Å². The van der Waals surface area contributed by atoms with Crippen LogP contribution in [0, 0.1) is 0 Å². The average molecular weight is 364 g/mol. The van der Waals surface area contributed by atoms with Crippen LogP contribution in [0.3, 0.4) is 0 Å². The van der Waals surface area contributed by atoms with E-state index in [0.29, 0.717) is 0 Å². The molecule has 6 heteroatoms. The average Bonchev–Trinajstić information content (AvgIpc) is 3.16. The molecule has 138 valence electrons. The molecule has 0 fully saturated rings. The van der Waals surface area contributed by atoms with Crippen LogP contribution >= 0.6 is 0 Å². The fraction of sp³-hybridized carbons (Fsp3) is 0.286. The predicted octanol–water partition coefficient (Wildman–Crippen LogP) is 2.63. The van der Waals surface area contributed by atoms with E-state index in [4.69, 9.17) is 4.74 Å². The van der Waals surface area contributed by atoms with Gasteiger partial charge in [-0.2, -0.15) is 0 Å². The zero-order valence-corrected chi connectivity index (χ0v) is 15.0. The van der Waals surface area contributed by atoms with Crippen molar-refractivity contribution in [2.75, 3.05) is 16.8 Å². The van der Waals surface area contributed by atoms with Gasteiger partial charge in [-0.05, 0) is 36.6 Å². The first-order valence-electron chi connectivity index (χ1n) is 9.00. The summed E-state index contributed by atoms with van der Waals surface area (Å²) >= 11 is 0. The first-order valence-corrected chi connectivity index (χ1v) is 9.00. The minimum atomic E-state index is -0.574. The van der Waals surface area contributed by atoms with Gasteiger partial charge in [0.15, 0.2) is 6.61 Å². The molecule has 0 aliphatic carbocycles. The Balaban J connectivity index is 1.37. The summed E-state index contributed by atoms with van der Waals surface area (Å²) in [7, 11) is 0. The van der Waals surface area contributed by atoms with Crippen molar-refractivity contribution in [1.82, 2.24) is 0 Å². The van der Waals surface area contributed by atoms with Crippen molar-refractivity contribution >= 4 is 29.2 Å². The summed E-state index contributed by atoms with van der Waals surface area (Å²) < 4.78 is 5.19. The molecule has 0 spiro atoms. The van der Waals surface area contributed by atoms with Gasteiger partial charge in [-0.25, -0.2) is 0 Å². The molecule has 2 aromatic carbocycles. The maximum Gasteiger partial charge on any atom is 0.307 e. The largest absolute Gasteiger partial charge is 0.456 e. The highest BCUT2D eigenvalue weighted by molar-refractivity contribution is 6.04. The lowest BCUT2D eigenvalue weighted by atomic mass is 9.97. The van der Waals surface area contributed by atoms with Gasteiger partial charge in [-0.15, -0.1) is 0 Å². The second-order valence-corrected chi connectivity index (χ2v) is 6.94. The normalized spacial score (nSPS) is 20.0. The molecule has 2 heterocycles. The monoisotopic (exact) mass is 364 g/mol. The summed E-state index contributed by atoms with van der Waals surface area (Å²) in [5, 5.41) is 2.76. The van der Waals surface area contributed by atoms with Gasteiger partial charge in [-0.1, -0.05) is 36.4 Å². The number of rotatable bonds is 4. The Morgan fingerprint density at radius 3 is 2.74 bits per heavy atom. The first kappa shape index (κ1) is 17.3. The van der Waals surface area contributed by atoms with Crippen molar-refractivity contribution < 1.29 is 19.1 Å². The Kier molecular flexibility index (Phi) is 4.39. The van der Waals surface area contributed by atoms with E-state index in [1.165, 1.54) is 0 Å². The number of nitrogens with zero attached hydrogens (tertiary/aromatic N) is 1. The number of para-hydroxylation sites is 2. The second kappa shape index (κ2) is 6.87. The van der Waals surface area contributed by atoms with Gasteiger partial charge in [0.25, 0.3) is 5.91 Å². The highest BCUT2D eigenvalue weighted by Gasteiger charge is 2.34. The Bertz CT molecular complexity index is 924. The van der Waals surface area contributed by atoms with E-state index in [2.05, 4.69) is 5.32 Å². The Morgan fingerprint density at radius 2 is 1.89 bits per heavy atom. The van der Waals surface area contributed by atoms with Crippen LogP contribution in [0.4, 0.5) is 11.4 Å². The van der Waals surface area contributed by atoms with Gasteiger partial charge in [0, 0.05) is 17.4 Å².